The maximum Gasteiger partial charge on any atom is 0.129 e. The van der Waals surface area contributed by atoms with E-state index in [0.717, 1.165) is 12.2 Å². The molecule has 0 aliphatic carbocycles. The first kappa shape index (κ1) is 14.0. The number of nitrogens with zero attached hydrogens (tertiary/aromatic N) is 1. The van der Waals surface area contributed by atoms with Gasteiger partial charge in [-0.2, -0.15) is 5.26 Å². The Morgan fingerprint density at radius 3 is 2.40 bits per heavy atom. The number of hydrogen-bond donors (Lipinski definition) is 1. The molecule has 0 amide bonds. The number of nitrogens with two attached hydrogens (primary N) is 1. The molecule has 0 saturated heterocycles. The van der Waals surface area contributed by atoms with Gasteiger partial charge in [0, 0.05) is 6.07 Å². The fourth-order valence-electron chi connectivity index (χ4n) is 1.95. The molecule has 3 heteroatoms. The van der Waals surface area contributed by atoms with Crippen LogP contribution in [0.5, 0.6) is 11.5 Å². The van der Waals surface area contributed by atoms with Crippen LogP contribution in [0.3, 0.4) is 0 Å². The predicted octanol–water partition coefficient (Wildman–Crippen LogP) is 4.28. The maximum atomic E-state index is 8.83. The molecular weight excluding hydrogens is 248 g/mol. The zero-order chi connectivity index (χ0) is 14.4. The molecule has 0 aliphatic heterocycles. The minimum Gasteiger partial charge on any atom is -0.457 e. The van der Waals surface area contributed by atoms with Crippen LogP contribution in [0.2, 0.25) is 0 Å². The lowest BCUT2D eigenvalue weighted by molar-refractivity contribution is 0.482. The number of nitriles is 1. The molecule has 20 heavy (non-hydrogen) atoms. The second-order valence-corrected chi connectivity index (χ2v) is 4.71. The molecule has 2 aromatic rings. The van der Waals surface area contributed by atoms with E-state index in [1.807, 2.05) is 18.2 Å². The molecule has 0 aromatic heterocycles. The van der Waals surface area contributed by atoms with Crippen molar-refractivity contribution in [3.63, 3.8) is 0 Å². The number of benzene rings is 2. The summed E-state index contributed by atoms with van der Waals surface area (Å²) in [6.45, 7) is 2.19. The minimum absolute atomic E-state index is 0.435. The second kappa shape index (κ2) is 6.63. The lowest BCUT2D eigenvalue weighted by Gasteiger charge is -2.08. The van der Waals surface area contributed by atoms with Gasteiger partial charge in [-0.1, -0.05) is 25.5 Å². The number of nitrogen functional groups attached to an aromatic ring is 1. The standard InChI is InChI=1S/C17H18N2O/c1-2-3-4-13-5-8-15(9-6-13)20-16-10-7-14(12-18)17(19)11-16/h5-11H,2-4,19H2,1H3. The third-order valence-electron chi connectivity index (χ3n) is 3.12. The molecule has 0 atom stereocenters. The summed E-state index contributed by atoms with van der Waals surface area (Å²) in [4.78, 5) is 0. The first-order valence-electron chi connectivity index (χ1n) is 6.79. The molecule has 102 valence electrons. The number of unbranched alkanes of at least 4 members (excludes halogenated alkanes) is 1. The van der Waals surface area contributed by atoms with Gasteiger partial charge < -0.3 is 10.5 Å². The van der Waals surface area contributed by atoms with Crippen molar-refractivity contribution in [1.29, 1.82) is 5.26 Å². The highest BCUT2D eigenvalue weighted by molar-refractivity contribution is 5.57. The predicted molar refractivity (Wildman–Crippen MR) is 80.7 cm³/mol. The number of rotatable bonds is 5. The molecule has 0 unspecified atom stereocenters. The van der Waals surface area contributed by atoms with Crippen LogP contribution in [0.25, 0.3) is 0 Å². The van der Waals surface area contributed by atoms with Gasteiger partial charge in [0.2, 0.25) is 0 Å². The third kappa shape index (κ3) is 3.52. The van der Waals surface area contributed by atoms with Crippen LogP contribution in [0.15, 0.2) is 42.5 Å². The summed E-state index contributed by atoms with van der Waals surface area (Å²) in [7, 11) is 0. The summed E-state index contributed by atoms with van der Waals surface area (Å²) in [5.41, 5.74) is 7.98. The van der Waals surface area contributed by atoms with E-state index in [1.54, 1.807) is 18.2 Å². The van der Waals surface area contributed by atoms with Gasteiger partial charge in [0.05, 0.1) is 11.3 Å². The van der Waals surface area contributed by atoms with Gasteiger partial charge in [-0.3, -0.25) is 0 Å². The van der Waals surface area contributed by atoms with E-state index in [1.165, 1.54) is 18.4 Å². The van der Waals surface area contributed by atoms with Crippen molar-refractivity contribution in [2.24, 2.45) is 0 Å². The van der Waals surface area contributed by atoms with E-state index in [9.17, 15) is 0 Å². The van der Waals surface area contributed by atoms with Crippen molar-refractivity contribution < 1.29 is 4.74 Å². The Bertz CT molecular complexity index is 612. The Labute approximate surface area is 119 Å². The van der Waals surface area contributed by atoms with Gasteiger partial charge in [0.15, 0.2) is 0 Å². The molecule has 0 bridgehead atoms. The molecule has 3 nitrogen and oxygen atoms in total. The Morgan fingerprint density at radius 2 is 1.80 bits per heavy atom. The van der Waals surface area contributed by atoms with Crippen LogP contribution < -0.4 is 10.5 Å². The van der Waals surface area contributed by atoms with Crippen molar-refractivity contribution in [3.05, 3.63) is 53.6 Å². The van der Waals surface area contributed by atoms with E-state index in [0.29, 0.717) is 17.0 Å². The van der Waals surface area contributed by atoms with Gasteiger partial charge in [-0.05, 0) is 42.7 Å². The SMILES string of the molecule is CCCCc1ccc(Oc2ccc(C#N)c(N)c2)cc1. The van der Waals surface area contributed by atoms with Crippen LogP contribution >= 0.6 is 0 Å². The topological polar surface area (TPSA) is 59.0 Å². The zero-order valence-electron chi connectivity index (χ0n) is 11.6. The lowest BCUT2D eigenvalue weighted by atomic mass is 10.1. The Morgan fingerprint density at radius 1 is 1.10 bits per heavy atom. The summed E-state index contributed by atoms with van der Waals surface area (Å²) in [6.07, 6.45) is 3.50. The van der Waals surface area contributed by atoms with E-state index >= 15 is 0 Å². The largest absolute Gasteiger partial charge is 0.457 e. The van der Waals surface area contributed by atoms with Crippen molar-refractivity contribution in [2.45, 2.75) is 26.2 Å². The van der Waals surface area contributed by atoms with Crippen LogP contribution in [-0.4, -0.2) is 0 Å². The molecule has 0 fully saturated rings. The number of aryl methyl sites for hydroxylation is 1. The van der Waals surface area contributed by atoms with Crippen LogP contribution in [0.4, 0.5) is 5.69 Å². The Hall–Kier alpha value is -2.47. The minimum atomic E-state index is 0.435. The van der Waals surface area contributed by atoms with Crippen LogP contribution in [0, 0.1) is 11.3 Å². The van der Waals surface area contributed by atoms with Gasteiger partial charge in [0.25, 0.3) is 0 Å². The number of anilines is 1. The molecule has 0 saturated carbocycles. The first-order valence-corrected chi connectivity index (χ1v) is 6.79. The molecule has 0 spiro atoms. The lowest BCUT2D eigenvalue weighted by Crippen LogP contribution is -1.92. The van der Waals surface area contributed by atoms with Gasteiger partial charge >= 0.3 is 0 Å². The van der Waals surface area contributed by atoms with Crippen molar-refractivity contribution in [1.82, 2.24) is 0 Å². The van der Waals surface area contributed by atoms with Crippen LogP contribution in [0.1, 0.15) is 30.9 Å². The monoisotopic (exact) mass is 266 g/mol. The summed E-state index contributed by atoms with van der Waals surface area (Å²) < 4.78 is 5.73. The van der Waals surface area contributed by atoms with E-state index in [4.69, 9.17) is 15.7 Å². The fourth-order valence-corrected chi connectivity index (χ4v) is 1.95. The summed E-state index contributed by atoms with van der Waals surface area (Å²) in [5, 5.41) is 8.83. The quantitative estimate of drug-likeness (QED) is 0.822. The summed E-state index contributed by atoms with van der Waals surface area (Å²) in [5.74, 6) is 1.41. The highest BCUT2D eigenvalue weighted by Gasteiger charge is 2.02. The van der Waals surface area contributed by atoms with E-state index in [-0.39, 0.29) is 0 Å². The van der Waals surface area contributed by atoms with E-state index in [2.05, 4.69) is 19.1 Å². The van der Waals surface area contributed by atoms with Crippen molar-refractivity contribution >= 4 is 5.69 Å². The highest BCUT2D eigenvalue weighted by atomic mass is 16.5. The number of hydrogen-bond acceptors (Lipinski definition) is 3. The highest BCUT2D eigenvalue weighted by Crippen LogP contribution is 2.25. The molecule has 0 radical (unpaired) electrons. The molecule has 2 N–H and O–H groups in total. The van der Waals surface area contributed by atoms with Crippen molar-refractivity contribution in [3.8, 4) is 17.6 Å². The van der Waals surface area contributed by atoms with Gasteiger partial charge in [-0.25, -0.2) is 0 Å². The average molecular weight is 266 g/mol. The fraction of sp³-hybridized carbons (Fsp3) is 0.235. The molecule has 0 aliphatic rings. The van der Waals surface area contributed by atoms with Gasteiger partial charge in [-0.15, -0.1) is 0 Å². The summed E-state index contributed by atoms with van der Waals surface area (Å²) >= 11 is 0. The molecule has 0 heterocycles. The molecular formula is C17H18N2O. The zero-order valence-corrected chi connectivity index (χ0v) is 11.6. The van der Waals surface area contributed by atoms with Crippen molar-refractivity contribution in [2.75, 3.05) is 5.73 Å². The summed E-state index contributed by atoms with van der Waals surface area (Å²) in [6, 6.07) is 15.2. The first-order chi connectivity index (χ1) is 9.72. The second-order valence-electron chi connectivity index (χ2n) is 4.71. The smallest absolute Gasteiger partial charge is 0.129 e. The Balaban J connectivity index is 2.06. The third-order valence-corrected chi connectivity index (χ3v) is 3.12. The number of ether oxygens (including phenoxy) is 1. The Kier molecular flexibility index (Phi) is 4.62. The average Bonchev–Trinajstić information content (AvgIpc) is 2.47. The van der Waals surface area contributed by atoms with Crippen LogP contribution in [-0.2, 0) is 6.42 Å². The molecule has 2 rings (SSSR count). The molecule has 2 aromatic carbocycles. The maximum absolute atomic E-state index is 8.83. The normalized spacial score (nSPS) is 10.0. The van der Waals surface area contributed by atoms with Gasteiger partial charge in [0.1, 0.15) is 17.6 Å². The van der Waals surface area contributed by atoms with E-state index < -0.39 is 0 Å².